The van der Waals surface area contributed by atoms with Crippen molar-refractivity contribution in [1.29, 1.82) is 0 Å². The number of nitrogens with zero attached hydrogens (tertiary/aromatic N) is 1. The number of nitro groups is 1. The molecule has 0 fully saturated rings. The zero-order valence-electron chi connectivity index (χ0n) is 12.0. The lowest BCUT2D eigenvalue weighted by Gasteiger charge is -2.06. The van der Waals surface area contributed by atoms with Crippen molar-refractivity contribution < 1.29 is 19.6 Å². The molecule has 0 aliphatic rings. The molecule has 6 nitrogen and oxygen atoms in total. The molecule has 0 heterocycles. The van der Waals surface area contributed by atoms with Gasteiger partial charge >= 0.3 is 5.97 Å². The van der Waals surface area contributed by atoms with Gasteiger partial charge in [-0.15, -0.1) is 0 Å². The minimum absolute atomic E-state index is 0.130. The maximum atomic E-state index is 11.0. The molecule has 0 spiro atoms. The van der Waals surface area contributed by atoms with Crippen LogP contribution in [0.15, 0.2) is 12.1 Å². The third kappa shape index (κ3) is 5.33. The van der Waals surface area contributed by atoms with E-state index in [0.717, 1.165) is 24.8 Å². The summed E-state index contributed by atoms with van der Waals surface area (Å²) in [5, 5.41) is 19.5. The fourth-order valence-electron chi connectivity index (χ4n) is 2.26. The molecule has 0 bridgehead atoms. The number of hydrogen-bond donors (Lipinski definition) is 1. The fourth-order valence-corrected chi connectivity index (χ4v) is 2.26. The number of nitro benzene ring substituents is 1. The first-order valence-electron chi connectivity index (χ1n) is 6.90. The quantitative estimate of drug-likeness (QED) is 0.326. The predicted octanol–water partition coefficient (Wildman–Crippen LogP) is 3.29. The molecule has 0 saturated carbocycles. The largest absolute Gasteiger partial charge is 0.481 e. The van der Waals surface area contributed by atoms with Crippen molar-refractivity contribution in [2.24, 2.45) is 0 Å². The summed E-state index contributed by atoms with van der Waals surface area (Å²) in [6, 6.07) is 3.25. The molecule has 0 unspecified atom stereocenters. The molecule has 1 N–H and O–H groups in total. The van der Waals surface area contributed by atoms with E-state index in [1.54, 1.807) is 13.0 Å². The monoisotopic (exact) mass is 293 g/mol. The molecule has 1 aromatic rings. The van der Waals surface area contributed by atoms with Gasteiger partial charge in [0.1, 0.15) is 0 Å². The number of hydrogen-bond acceptors (Lipinski definition) is 4. The maximum Gasteiger partial charge on any atom is 0.303 e. The highest BCUT2D eigenvalue weighted by Crippen LogP contribution is 2.24. The van der Waals surface area contributed by atoms with Gasteiger partial charge in [-0.05, 0) is 37.3 Å². The van der Waals surface area contributed by atoms with Crippen molar-refractivity contribution in [2.75, 3.05) is 0 Å². The zero-order valence-corrected chi connectivity index (χ0v) is 12.0. The van der Waals surface area contributed by atoms with Crippen LogP contribution < -0.4 is 0 Å². The molecule has 0 radical (unpaired) electrons. The van der Waals surface area contributed by atoms with Gasteiger partial charge in [0, 0.05) is 12.5 Å². The van der Waals surface area contributed by atoms with Crippen molar-refractivity contribution >= 4 is 17.9 Å². The van der Waals surface area contributed by atoms with Gasteiger partial charge in [-0.3, -0.25) is 19.7 Å². The van der Waals surface area contributed by atoms with E-state index in [-0.39, 0.29) is 17.7 Å². The van der Waals surface area contributed by atoms with Gasteiger partial charge in [-0.1, -0.05) is 18.9 Å². The summed E-state index contributed by atoms with van der Waals surface area (Å²) in [5.74, 6) is -0.786. The minimum Gasteiger partial charge on any atom is -0.481 e. The summed E-state index contributed by atoms with van der Waals surface area (Å²) >= 11 is 0. The Morgan fingerprint density at radius 2 is 1.95 bits per heavy atom. The highest BCUT2D eigenvalue weighted by molar-refractivity contribution is 5.83. The molecule has 0 aromatic heterocycles. The molecule has 114 valence electrons. The summed E-state index contributed by atoms with van der Waals surface area (Å²) in [5.41, 5.74) is 1.43. The Kier molecular flexibility index (Phi) is 6.52. The van der Waals surface area contributed by atoms with Crippen LogP contribution in [0.25, 0.3) is 0 Å². The summed E-state index contributed by atoms with van der Waals surface area (Å²) in [6.07, 6.45) is 4.60. The molecule has 0 aliphatic heterocycles. The Hall–Kier alpha value is -2.24. The summed E-state index contributed by atoms with van der Waals surface area (Å²) in [6.45, 7) is 1.69. The van der Waals surface area contributed by atoms with E-state index in [0.29, 0.717) is 24.7 Å². The highest BCUT2D eigenvalue weighted by atomic mass is 16.6. The summed E-state index contributed by atoms with van der Waals surface area (Å²) < 4.78 is 0. The first-order valence-corrected chi connectivity index (χ1v) is 6.90. The number of aliphatic carboxylic acids is 1. The van der Waals surface area contributed by atoms with Gasteiger partial charge in [-0.25, -0.2) is 0 Å². The second-order valence-electron chi connectivity index (χ2n) is 5.03. The zero-order chi connectivity index (χ0) is 15.8. The van der Waals surface area contributed by atoms with Crippen LogP contribution in [0.5, 0.6) is 0 Å². The number of aldehydes is 1. The highest BCUT2D eigenvalue weighted by Gasteiger charge is 2.16. The number of benzene rings is 1. The van der Waals surface area contributed by atoms with E-state index in [2.05, 4.69) is 0 Å². The third-order valence-corrected chi connectivity index (χ3v) is 3.35. The van der Waals surface area contributed by atoms with Crippen LogP contribution in [0.4, 0.5) is 5.69 Å². The average molecular weight is 293 g/mol. The van der Waals surface area contributed by atoms with Crippen molar-refractivity contribution in [3.63, 3.8) is 0 Å². The number of carbonyl (C=O) groups excluding carboxylic acids is 1. The average Bonchev–Trinajstić information content (AvgIpc) is 2.41. The Morgan fingerprint density at radius 3 is 2.52 bits per heavy atom. The van der Waals surface area contributed by atoms with Crippen molar-refractivity contribution in [2.45, 2.75) is 45.4 Å². The Morgan fingerprint density at radius 1 is 1.29 bits per heavy atom. The van der Waals surface area contributed by atoms with Crippen LogP contribution in [-0.4, -0.2) is 22.3 Å². The molecule has 0 saturated heterocycles. The third-order valence-electron chi connectivity index (χ3n) is 3.35. The molecule has 0 atom stereocenters. The number of carbonyl (C=O) groups is 2. The van der Waals surface area contributed by atoms with Crippen LogP contribution in [0, 0.1) is 17.0 Å². The lowest BCUT2D eigenvalue weighted by Crippen LogP contribution is -2.00. The van der Waals surface area contributed by atoms with Crippen LogP contribution in [0.3, 0.4) is 0 Å². The second kappa shape index (κ2) is 8.14. The number of carboxylic acids is 1. The lowest BCUT2D eigenvalue weighted by molar-refractivity contribution is -0.385. The number of carboxylic acid groups (broad SMARTS) is 1. The van der Waals surface area contributed by atoms with Crippen molar-refractivity contribution in [3.8, 4) is 0 Å². The fraction of sp³-hybridized carbons (Fsp3) is 0.467. The van der Waals surface area contributed by atoms with E-state index >= 15 is 0 Å². The molecule has 21 heavy (non-hydrogen) atoms. The van der Waals surface area contributed by atoms with E-state index < -0.39 is 10.9 Å². The molecule has 0 amide bonds. The van der Waals surface area contributed by atoms with E-state index in [1.165, 1.54) is 6.07 Å². The van der Waals surface area contributed by atoms with Gasteiger partial charge in [-0.2, -0.15) is 0 Å². The molecular weight excluding hydrogens is 274 g/mol. The molecule has 6 heteroatoms. The second-order valence-corrected chi connectivity index (χ2v) is 5.03. The first kappa shape index (κ1) is 16.8. The number of aryl methyl sites for hydroxylation is 2. The Labute approximate surface area is 122 Å². The van der Waals surface area contributed by atoms with Gasteiger partial charge in [0.15, 0.2) is 6.29 Å². The van der Waals surface area contributed by atoms with Crippen LogP contribution >= 0.6 is 0 Å². The van der Waals surface area contributed by atoms with Gasteiger partial charge in [0.05, 0.1) is 10.5 Å². The normalized spacial score (nSPS) is 10.3. The number of rotatable bonds is 9. The van der Waals surface area contributed by atoms with Crippen LogP contribution in [0.1, 0.15) is 53.6 Å². The smallest absolute Gasteiger partial charge is 0.303 e. The summed E-state index contributed by atoms with van der Waals surface area (Å²) in [7, 11) is 0. The van der Waals surface area contributed by atoms with E-state index in [4.69, 9.17) is 5.11 Å². The topological polar surface area (TPSA) is 97.5 Å². The minimum atomic E-state index is -0.786. The van der Waals surface area contributed by atoms with Gasteiger partial charge < -0.3 is 5.11 Å². The van der Waals surface area contributed by atoms with Crippen LogP contribution in [0.2, 0.25) is 0 Å². The standard InChI is InChI=1S/C15H19NO5/c1-11-8-12(6-4-2-3-5-7-15(18)19)9-14(16(20)21)13(11)10-17/h8-10H,2-7H2,1H3,(H,18,19). The van der Waals surface area contributed by atoms with Crippen molar-refractivity contribution in [1.82, 2.24) is 0 Å². The van der Waals surface area contributed by atoms with Crippen molar-refractivity contribution in [3.05, 3.63) is 38.9 Å². The van der Waals surface area contributed by atoms with Crippen LogP contribution in [-0.2, 0) is 11.2 Å². The lowest BCUT2D eigenvalue weighted by atomic mass is 9.99. The van der Waals surface area contributed by atoms with Gasteiger partial charge in [0.2, 0.25) is 0 Å². The molecule has 1 aromatic carbocycles. The maximum absolute atomic E-state index is 11.0. The number of unbranched alkanes of at least 4 members (excludes halogenated alkanes) is 3. The molecular formula is C15H19NO5. The van der Waals surface area contributed by atoms with Gasteiger partial charge in [0.25, 0.3) is 5.69 Å². The predicted molar refractivity (Wildman–Crippen MR) is 77.6 cm³/mol. The van der Waals surface area contributed by atoms with E-state index in [9.17, 15) is 19.7 Å². The molecule has 1 rings (SSSR count). The SMILES string of the molecule is Cc1cc(CCCCCCC(=O)O)cc([N+](=O)[O-])c1C=O. The molecule has 0 aliphatic carbocycles. The first-order chi connectivity index (χ1) is 9.95. The Bertz CT molecular complexity index is 539. The summed E-state index contributed by atoms with van der Waals surface area (Å²) in [4.78, 5) is 31.7. The Balaban J connectivity index is 2.58. The van der Waals surface area contributed by atoms with E-state index in [1.807, 2.05) is 0 Å².